The van der Waals surface area contributed by atoms with Crippen molar-refractivity contribution in [3.05, 3.63) is 18.7 Å². The molecule has 6 nitrogen and oxygen atoms in total. The summed E-state index contributed by atoms with van der Waals surface area (Å²) in [4.78, 5) is 25.6. The molecule has 0 radical (unpaired) electrons. The number of hydrogen-bond donors (Lipinski definition) is 0. The van der Waals surface area contributed by atoms with Gasteiger partial charge in [0, 0.05) is 26.2 Å². The SMILES string of the molecule is O=C1N(c2cncnc2)CCC12CCCN(CC1CCOC1)C2. The summed E-state index contributed by atoms with van der Waals surface area (Å²) >= 11 is 0. The molecule has 2 unspecified atom stereocenters. The molecule has 0 N–H and O–H groups in total. The van der Waals surface area contributed by atoms with Gasteiger partial charge in [-0.05, 0) is 38.1 Å². The minimum absolute atomic E-state index is 0.201. The lowest BCUT2D eigenvalue weighted by molar-refractivity contribution is -0.128. The molecule has 3 aliphatic heterocycles. The van der Waals surface area contributed by atoms with Crippen LogP contribution in [0.4, 0.5) is 5.69 Å². The van der Waals surface area contributed by atoms with Crippen molar-refractivity contribution in [1.82, 2.24) is 14.9 Å². The molecular weight excluding hydrogens is 292 g/mol. The third kappa shape index (κ3) is 2.85. The molecule has 0 bridgehead atoms. The monoisotopic (exact) mass is 316 g/mol. The molecule has 0 aromatic carbocycles. The smallest absolute Gasteiger partial charge is 0.234 e. The van der Waals surface area contributed by atoms with Crippen LogP contribution < -0.4 is 4.90 Å². The van der Waals surface area contributed by atoms with Gasteiger partial charge in [0.2, 0.25) is 5.91 Å². The first-order chi connectivity index (χ1) is 11.3. The zero-order chi connectivity index (χ0) is 15.7. The maximum atomic E-state index is 13.1. The second-order valence-corrected chi connectivity index (χ2v) is 7.15. The number of carbonyl (C=O) groups is 1. The molecule has 3 aliphatic rings. The zero-order valence-electron chi connectivity index (χ0n) is 13.5. The van der Waals surface area contributed by atoms with Crippen LogP contribution in [0.1, 0.15) is 25.7 Å². The van der Waals surface area contributed by atoms with E-state index in [-0.39, 0.29) is 11.3 Å². The molecule has 124 valence electrons. The fourth-order valence-electron chi connectivity index (χ4n) is 4.35. The van der Waals surface area contributed by atoms with Crippen LogP contribution in [0.2, 0.25) is 0 Å². The number of rotatable bonds is 3. The molecule has 23 heavy (non-hydrogen) atoms. The largest absolute Gasteiger partial charge is 0.381 e. The number of aromatic nitrogens is 2. The number of nitrogens with zero attached hydrogens (tertiary/aromatic N) is 4. The summed E-state index contributed by atoms with van der Waals surface area (Å²) in [6.45, 7) is 5.64. The van der Waals surface area contributed by atoms with Crippen LogP contribution in [0.15, 0.2) is 18.7 Å². The highest BCUT2D eigenvalue weighted by Crippen LogP contribution is 2.41. The normalized spacial score (nSPS) is 32.1. The third-order valence-corrected chi connectivity index (χ3v) is 5.57. The van der Waals surface area contributed by atoms with Gasteiger partial charge in [-0.2, -0.15) is 0 Å². The Kier molecular flexibility index (Phi) is 4.03. The molecule has 1 aromatic heterocycles. The van der Waals surface area contributed by atoms with E-state index in [0.717, 1.165) is 70.8 Å². The van der Waals surface area contributed by atoms with Crippen LogP contribution in [-0.2, 0) is 9.53 Å². The van der Waals surface area contributed by atoms with Crippen LogP contribution in [0.3, 0.4) is 0 Å². The van der Waals surface area contributed by atoms with E-state index in [9.17, 15) is 4.79 Å². The number of amides is 1. The van der Waals surface area contributed by atoms with Crippen LogP contribution in [0.25, 0.3) is 0 Å². The topological polar surface area (TPSA) is 58.6 Å². The average Bonchev–Trinajstić information content (AvgIpc) is 3.19. The van der Waals surface area contributed by atoms with Crippen LogP contribution in [0, 0.1) is 11.3 Å². The number of hydrogen-bond acceptors (Lipinski definition) is 5. The van der Waals surface area contributed by atoms with Crippen molar-refractivity contribution in [2.24, 2.45) is 11.3 Å². The standard InChI is InChI=1S/C17H24N4O2/c22-16-17(4-6-21(16)15-8-18-13-19-9-15)3-1-5-20(12-17)10-14-2-7-23-11-14/h8-9,13-14H,1-7,10-12H2. The lowest BCUT2D eigenvalue weighted by Crippen LogP contribution is -2.49. The summed E-state index contributed by atoms with van der Waals surface area (Å²) in [5, 5.41) is 0. The number of likely N-dealkylation sites (tertiary alicyclic amines) is 1. The Bertz CT molecular complexity index is 561. The summed E-state index contributed by atoms with van der Waals surface area (Å²) in [5.41, 5.74) is 0.629. The summed E-state index contributed by atoms with van der Waals surface area (Å²) in [6, 6.07) is 0. The Morgan fingerprint density at radius 3 is 2.91 bits per heavy atom. The predicted molar refractivity (Wildman–Crippen MR) is 86.0 cm³/mol. The average molecular weight is 316 g/mol. The van der Waals surface area contributed by atoms with Crippen LogP contribution in [0.5, 0.6) is 0 Å². The maximum Gasteiger partial charge on any atom is 0.234 e. The van der Waals surface area contributed by atoms with E-state index in [1.54, 1.807) is 12.4 Å². The molecule has 1 spiro atoms. The molecule has 1 aromatic rings. The van der Waals surface area contributed by atoms with Crippen molar-refractivity contribution >= 4 is 11.6 Å². The van der Waals surface area contributed by atoms with E-state index in [1.807, 2.05) is 4.90 Å². The fourth-order valence-corrected chi connectivity index (χ4v) is 4.35. The van der Waals surface area contributed by atoms with Gasteiger partial charge in [0.1, 0.15) is 6.33 Å². The van der Waals surface area contributed by atoms with Gasteiger partial charge in [0.15, 0.2) is 0 Å². The van der Waals surface area contributed by atoms with Gasteiger partial charge in [-0.25, -0.2) is 9.97 Å². The van der Waals surface area contributed by atoms with Crippen molar-refractivity contribution < 1.29 is 9.53 Å². The van der Waals surface area contributed by atoms with E-state index in [0.29, 0.717) is 5.92 Å². The van der Waals surface area contributed by atoms with Gasteiger partial charge in [-0.3, -0.25) is 4.79 Å². The van der Waals surface area contributed by atoms with Gasteiger partial charge in [-0.1, -0.05) is 0 Å². The van der Waals surface area contributed by atoms with Gasteiger partial charge in [-0.15, -0.1) is 0 Å². The van der Waals surface area contributed by atoms with Gasteiger partial charge in [0.25, 0.3) is 0 Å². The fraction of sp³-hybridized carbons (Fsp3) is 0.706. The number of carbonyl (C=O) groups excluding carboxylic acids is 1. The molecule has 4 heterocycles. The highest BCUT2D eigenvalue weighted by molar-refractivity contribution is 5.99. The Morgan fingerprint density at radius 1 is 1.26 bits per heavy atom. The van der Waals surface area contributed by atoms with E-state index in [4.69, 9.17) is 4.74 Å². The molecule has 3 saturated heterocycles. The van der Waals surface area contributed by atoms with Gasteiger partial charge < -0.3 is 14.5 Å². The molecule has 0 saturated carbocycles. The molecule has 3 fully saturated rings. The molecular formula is C17H24N4O2. The summed E-state index contributed by atoms with van der Waals surface area (Å²) in [5.74, 6) is 0.903. The number of piperidine rings is 1. The van der Waals surface area contributed by atoms with E-state index in [1.165, 1.54) is 6.33 Å². The highest BCUT2D eigenvalue weighted by Gasteiger charge is 2.49. The van der Waals surface area contributed by atoms with E-state index < -0.39 is 0 Å². The summed E-state index contributed by atoms with van der Waals surface area (Å²) in [7, 11) is 0. The minimum atomic E-state index is -0.201. The first-order valence-electron chi connectivity index (χ1n) is 8.64. The molecule has 1 amide bonds. The zero-order valence-corrected chi connectivity index (χ0v) is 13.5. The van der Waals surface area contributed by atoms with Gasteiger partial charge in [0.05, 0.1) is 30.1 Å². The second kappa shape index (κ2) is 6.17. The summed E-state index contributed by atoms with van der Waals surface area (Å²) in [6.07, 6.45) is 9.20. The Morgan fingerprint density at radius 2 is 2.13 bits per heavy atom. The number of ether oxygens (including phenoxy) is 1. The first kappa shape index (κ1) is 15.0. The second-order valence-electron chi connectivity index (χ2n) is 7.15. The Hall–Kier alpha value is -1.53. The van der Waals surface area contributed by atoms with E-state index >= 15 is 0 Å². The minimum Gasteiger partial charge on any atom is -0.381 e. The van der Waals surface area contributed by atoms with Crippen molar-refractivity contribution in [3.63, 3.8) is 0 Å². The van der Waals surface area contributed by atoms with Crippen LogP contribution in [-0.4, -0.2) is 60.2 Å². The van der Waals surface area contributed by atoms with Crippen LogP contribution >= 0.6 is 0 Å². The van der Waals surface area contributed by atoms with Crippen molar-refractivity contribution in [3.8, 4) is 0 Å². The lowest BCUT2D eigenvalue weighted by Gasteiger charge is -2.39. The molecule has 4 rings (SSSR count). The Labute approximate surface area is 136 Å². The van der Waals surface area contributed by atoms with Crippen molar-refractivity contribution in [2.75, 3.05) is 44.3 Å². The first-order valence-corrected chi connectivity index (χ1v) is 8.64. The number of anilines is 1. The highest BCUT2D eigenvalue weighted by atomic mass is 16.5. The van der Waals surface area contributed by atoms with Crippen molar-refractivity contribution in [1.29, 1.82) is 0 Å². The quantitative estimate of drug-likeness (QED) is 0.842. The van der Waals surface area contributed by atoms with Crippen molar-refractivity contribution in [2.45, 2.75) is 25.7 Å². The molecule has 0 aliphatic carbocycles. The third-order valence-electron chi connectivity index (χ3n) is 5.57. The van der Waals surface area contributed by atoms with Gasteiger partial charge >= 0.3 is 0 Å². The van der Waals surface area contributed by atoms with E-state index in [2.05, 4.69) is 14.9 Å². The molecule has 2 atom stereocenters. The lowest BCUT2D eigenvalue weighted by atomic mass is 9.78. The molecule has 6 heteroatoms. The Balaban J connectivity index is 1.46. The summed E-state index contributed by atoms with van der Waals surface area (Å²) < 4.78 is 5.50. The maximum absolute atomic E-state index is 13.1. The predicted octanol–water partition coefficient (Wildman–Crippen LogP) is 1.33.